The van der Waals surface area contributed by atoms with Crippen LogP contribution >= 0.6 is 11.6 Å². The Morgan fingerprint density at radius 3 is 2.88 bits per heavy atom. The van der Waals surface area contributed by atoms with Crippen molar-refractivity contribution in [3.63, 3.8) is 0 Å². The van der Waals surface area contributed by atoms with Crippen molar-refractivity contribution in [2.75, 3.05) is 5.32 Å². The molecular formula is C12H10ClN3O. The first kappa shape index (κ1) is 11.5. The Morgan fingerprint density at radius 1 is 1.35 bits per heavy atom. The maximum absolute atomic E-state index is 10.9. The van der Waals surface area contributed by atoms with E-state index in [1.807, 2.05) is 31.2 Å². The molecule has 1 aromatic heterocycles. The number of hydrogen-bond acceptors (Lipinski definition) is 4. The van der Waals surface area contributed by atoms with Crippen LogP contribution in [0.25, 0.3) is 0 Å². The number of nitrogens with zero attached hydrogens (tertiary/aromatic N) is 2. The zero-order valence-corrected chi connectivity index (χ0v) is 9.90. The summed E-state index contributed by atoms with van der Waals surface area (Å²) in [6.45, 7) is 1.98. The molecule has 0 aliphatic heterocycles. The van der Waals surface area contributed by atoms with Gasteiger partial charge in [0, 0.05) is 5.69 Å². The van der Waals surface area contributed by atoms with Crippen molar-refractivity contribution in [3.05, 3.63) is 46.9 Å². The van der Waals surface area contributed by atoms with Crippen molar-refractivity contribution in [1.29, 1.82) is 0 Å². The second-order valence-electron chi connectivity index (χ2n) is 3.54. The van der Waals surface area contributed by atoms with Crippen LogP contribution in [0.15, 0.2) is 30.6 Å². The number of benzene rings is 1. The molecule has 0 unspecified atom stereocenters. The van der Waals surface area contributed by atoms with Gasteiger partial charge in [-0.15, -0.1) is 0 Å². The third-order valence-corrected chi connectivity index (χ3v) is 2.54. The number of carbonyl (C=O) groups is 1. The van der Waals surface area contributed by atoms with E-state index in [4.69, 9.17) is 11.6 Å². The van der Waals surface area contributed by atoms with Crippen molar-refractivity contribution in [2.24, 2.45) is 0 Å². The first-order valence-corrected chi connectivity index (χ1v) is 5.38. The number of aryl methyl sites for hydroxylation is 1. The third-order valence-electron chi connectivity index (χ3n) is 2.23. The van der Waals surface area contributed by atoms with Gasteiger partial charge in [-0.2, -0.15) is 0 Å². The molecule has 86 valence electrons. The van der Waals surface area contributed by atoms with Crippen LogP contribution in [0, 0.1) is 6.92 Å². The molecule has 2 aromatic rings. The number of carbonyl (C=O) groups excluding carboxylic acids is 1. The summed E-state index contributed by atoms with van der Waals surface area (Å²) in [6, 6.07) is 7.74. The van der Waals surface area contributed by atoms with Gasteiger partial charge in [0.2, 0.25) is 0 Å². The van der Waals surface area contributed by atoms with Gasteiger partial charge in [0.1, 0.15) is 17.3 Å². The Hall–Kier alpha value is -1.94. The van der Waals surface area contributed by atoms with Crippen molar-refractivity contribution >= 4 is 29.4 Å². The van der Waals surface area contributed by atoms with Crippen molar-refractivity contribution in [3.8, 4) is 0 Å². The minimum atomic E-state index is 0.144. The second-order valence-corrected chi connectivity index (χ2v) is 3.90. The number of nitrogens with one attached hydrogen (secondary N) is 1. The van der Waals surface area contributed by atoms with E-state index >= 15 is 0 Å². The van der Waals surface area contributed by atoms with Crippen LogP contribution in [0.2, 0.25) is 5.15 Å². The van der Waals surface area contributed by atoms with Gasteiger partial charge in [0.05, 0.1) is 5.56 Å². The quantitative estimate of drug-likeness (QED) is 0.669. The van der Waals surface area contributed by atoms with E-state index in [0.717, 1.165) is 11.3 Å². The van der Waals surface area contributed by atoms with E-state index in [1.54, 1.807) is 0 Å². The summed E-state index contributed by atoms with van der Waals surface area (Å²) in [4.78, 5) is 18.7. The first-order valence-electron chi connectivity index (χ1n) is 5.00. The Labute approximate surface area is 104 Å². The number of halogens is 1. The minimum absolute atomic E-state index is 0.144. The summed E-state index contributed by atoms with van der Waals surface area (Å²) < 4.78 is 0. The van der Waals surface area contributed by atoms with Gasteiger partial charge in [-0.1, -0.05) is 23.7 Å². The van der Waals surface area contributed by atoms with Crippen LogP contribution in [-0.2, 0) is 0 Å². The van der Waals surface area contributed by atoms with E-state index in [-0.39, 0.29) is 10.7 Å². The smallest absolute Gasteiger partial charge is 0.156 e. The highest BCUT2D eigenvalue weighted by Crippen LogP contribution is 2.21. The normalized spacial score (nSPS) is 10.0. The van der Waals surface area contributed by atoms with Gasteiger partial charge in [0.25, 0.3) is 0 Å². The number of hydrogen-bond donors (Lipinski definition) is 1. The maximum atomic E-state index is 10.9. The molecule has 1 N–H and O–H groups in total. The summed E-state index contributed by atoms with van der Waals surface area (Å²) >= 11 is 5.80. The molecule has 0 fully saturated rings. The monoisotopic (exact) mass is 247 g/mol. The fourth-order valence-corrected chi connectivity index (χ4v) is 1.62. The zero-order valence-electron chi connectivity index (χ0n) is 9.14. The first-order chi connectivity index (χ1) is 8.20. The molecule has 0 aliphatic carbocycles. The highest BCUT2D eigenvalue weighted by atomic mass is 35.5. The molecule has 17 heavy (non-hydrogen) atoms. The molecule has 5 heteroatoms. The number of aldehydes is 1. The van der Waals surface area contributed by atoms with Crippen LogP contribution in [0.1, 0.15) is 15.9 Å². The lowest BCUT2D eigenvalue weighted by atomic mass is 10.2. The molecule has 0 amide bonds. The van der Waals surface area contributed by atoms with Gasteiger partial charge in [-0.25, -0.2) is 9.97 Å². The molecule has 0 bridgehead atoms. The van der Waals surface area contributed by atoms with Crippen LogP contribution in [0.5, 0.6) is 0 Å². The topological polar surface area (TPSA) is 54.9 Å². The lowest BCUT2D eigenvalue weighted by Crippen LogP contribution is -2.00. The summed E-state index contributed by atoms with van der Waals surface area (Å²) in [5.74, 6) is 0.408. The van der Waals surface area contributed by atoms with Gasteiger partial charge in [-0.05, 0) is 24.6 Å². The fourth-order valence-electron chi connectivity index (χ4n) is 1.44. The van der Waals surface area contributed by atoms with Crippen molar-refractivity contribution in [2.45, 2.75) is 6.92 Å². The average molecular weight is 248 g/mol. The van der Waals surface area contributed by atoms with Gasteiger partial charge in [-0.3, -0.25) is 4.79 Å². The Bertz CT molecular complexity index is 557. The fraction of sp³-hybridized carbons (Fsp3) is 0.0833. The van der Waals surface area contributed by atoms with Gasteiger partial charge < -0.3 is 5.32 Å². The Kier molecular flexibility index (Phi) is 3.35. The number of rotatable bonds is 3. The van der Waals surface area contributed by atoms with Crippen molar-refractivity contribution < 1.29 is 4.79 Å². The predicted octanol–water partition coefficient (Wildman–Crippen LogP) is 2.99. The van der Waals surface area contributed by atoms with Crippen LogP contribution in [0.4, 0.5) is 11.5 Å². The van der Waals surface area contributed by atoms with Crippen LogP contribution in [0.3, 0.4) is 0 Å². The molecule has 4 nitrogen and oxygen atoms in total. The second kappa shape index (κ2) is 4.93. The van der Waals surface area contributed by atoms with Crippen molar-refractivity contribution in [1.82, 2.24) is 9.97 Å². The lowest BCUT2D eigenvalue weighted by molar-refractivity contribution is 0.112. The van der Waals surface area contributed by atoms with Crippen LogP contribution in [-0.4, -0.2) is 16.3 Å². The van der Waals surface area contributed by atoms with Gasteiger partial charge in [0.15, 0.2) is 6.29 Å². The van der Waals surface area contributed by atoms with Gasteiger partial charge >= 0.3 is 0 Å². The van der Waals surface area contributed by atoms with E-state index < -0.39 is 0 Å². The molecular weight excluding hydrogens is 238 g/mol. The van der Waals surface area contributed by atoms with Crippen LogP contribution < -0.4 is 5.32 Å². The molecule has 2 rings (SSSR count). The molecule has 0 radical (unpaired) electrons. The zero-order chi connectivity index (χ0) is 12.3. The highest BCUT2D eigenvalue weighted by molar-refractivity contribution is 6.32. The average Bonchev–Trinajstić information content (AvgIpc) is 2.29. The third kappa shape index (κ3) is 2.60. The maximum Gasteiger partial charge on any atom is 0.156 e. The number of anilines is 2. The summed E-state index contributed by atoms with van der Waals surface area (Å²) in [7, 11) is 0. The molecule has 0 aliphatic rings. The summed E-state index contributed by atoms with van der Waals surface area (Å²) in [5.41, 5.74) is 2.22. The molecule has 1 aromatic carbocycles. The van der Waals surface area contributed by atoms with E-state index in [0.29, 0.717) is 12.1 Å². The minimum Gasteiger partial charge on any atom is -0.339 e. The standard InChI is InChI=1S/C12H10ClN3O/c1-8-3-2-4-9(5-8)16-12-10(6-17)11(13)14-7-15-12/h2-7H,1H3,(H,14,15,16). The molecule has 0 saturated carbocycles. The molecule has 0 atom stereocenters. The lowest BCUT2D eigenvalue weighted by Gasteiger charge is -2.08. The Balaban J connectivity index is 2.36. The van der Waals surface area contributed by atoms with E-state index in [1.165, 1.54) is 6.33 Å². The molecule has 1 heterocycles. The Morgan fingerprint density at radius 2 is 2.18 bits per heavy atom. The predicted molar refractivity (Wildman–Crippen MR) is 66.9 cm³/mol. The molecule has 0 saturated heterocycles. The largest absolute Gasteiger partial charge is 0.339 e. The molecule has 0 spiro atoms. The van der Waals surface area contributed by atoms with E-state index in [2.05, 4.69) is 15.3 Å². The SMILES string of the molecule is Cc1cccc(Nc2ncnc(Cl)c2C=O)c1. The van der Waals surface area contributed by atoms with E-state index in [9.17, 15) is 4.79 Å². The summed E-state index contributed by atoms with van der Waals surface area (Å²) in [5, 5.41) is 3.18. The summed E-state index contributed by atoms with van der Waals surface area (Å²) in [6.07, 6.45) is 1.95. The highest BCUT2D eigenvalue weighted by Gasteiger charge is 2.08. The number of aromatic nitrogens is 2.